The number of anilines is 1. The van der Waals surface area contributed by atoms with Gasteiger partial charge in [-0.15, -0.1) is 0 Å². The van der Waals surface area contributed by atoms with Crippen molar-refractivity contribution >= 4 is 27.7 Å². The van der Waals surface area contributed by atoms with Gasteiger partial charge in [-0.25, -0.2) is 4.98 Å². The van der Waals surface area contributed by atoms with Crippen molar-refractivity contribution in [2.75, 3.05) is 12.4 Å². The summed E-state index contributed by atoms with van der Waals surface area (Å²) in [7, 11) is 1.50. The number of hydrogen-bond donors (Lipinski definition) is 2. The number of rotatable bonds is 3. The molecule has 1 aromatic heterocycles. The van der Waals surface area contributed by atoms with Gasteiger partial charge >= 0.3 is 0 Å². The molecule has 1 aliphatic rings. The second-order valence-electron chi connectivity index (χ2n) is 6.04. The van der Waals surface area contributed by atoms with Gasteiger partial charge in [-0.1, -0.05) is 18.2 Å². The van der Waals surface area contributed by atoms with E-state index < -0.39 is 0 Å². The Morgan fingerprint density at radius 3 is 2.88 bits per heavy atom. The molecule has 0 fully saturated rings. The maximum Gasteiger partial charge on any atom is 0.226 e. The fraction of sp³-hybridized carbons (Fsp3) is 0.158. The first-order valence-corrected chi connectivity index (χ1v) is 8.86. The van der Waals surface area contributed by atoms with Gasteiger partial charge in [0.1, 0.15) is 12.1 Å². The summed E-state index contributed by atoms with van der Waals surface area (Å²) in [4.78, 5) is 16.9. The molecule has 0 bridgehead atoms. The number of aromatic nitrogens is 2. The highest BCUT2D eigenvalue weighted by Crippen LogP contribution is 2.40. The van der Waals surface area contributed by atoms with Crippen molar-refractivity contribution in [2.45, 2.75) is 12.3 Å². The second kappa shape index (κ2) is 6.49. The minimum atomic E-state index is -0.211. The lowest BCUT2D eigenvalue weighted by atomic mass is 9.89. The zero-order valence-electron chi connectivity index (χ0n) is 13.9. The van der Waals surface area contributed by atoms with Crippen LogP contribution >= 0.6 is 15.9 Å². The summed E-state index contributed by atoms with van der Waals surface area (Å²) in [6.45, 7) is 0. The SMILES string of the molecule is COc1cc(C2CC(=O)Nc3c2ncn3-c2ccccc2Br)ccc1O. The zero-order chi connectivity index (χ0) is 18.3. The number of carbonyl (C=O) groups is 1. The Balaban J connectivity index is 1.83. The summed E-state index contributed by atoms with van der Waals surface area (Å²) in [5.74, 6) is 0.807. The Morgan fingerprint density at radius 1 is 1.31 bits per heavy atom. The summed E-state index contributed by atoms with van der Waals surface area (Å²) < 4.78 is 7.97. The number of fused-ring (bicyclic) bond motifs is 1. The third-order valence-electron chi connectivity index (χ3n) is 4.49. The Kier molecular flexibility index (Phi) is 4.16. The number of aromatic hydroxyl groups is 1. The van der Waals surface area contributed by atoms with Crippen molar-refractivity contribution in [3.8, 4) is 17.2 Å². The molecule has 0 radical (unpaired) electrons. The van der Waals surface area contributed by atoms with Gasteiger partial charge in [0.15, 0.2) is 11.5 Å². The van der Waals surface area contributed by atoms with Crippen molar-refractivity contribution in [1.29, 1.82) is 0 Å². The number of ether oxygens (including phenoxy) is 1. The first-order chi connectivity index (χ1) is 12.6. The number of nitrogens with one attached hydrogen (secondary N) is 1. The minimum absolute atomic E-state index is 0.0653. The number of methoxy groups -OCH3 is 1. The van der Waals surface area contributed by atoms with Crippen LogP contribution < -0.4 is 10.1 Å². The van der Waals surface area contributed by atoms with Crippen LogP contribution in [0.4, 0.5) is 5.82 Å². The molecule has 0 saturated heterocycles. The summed E-state index contributed by atoms with van der Waals surface area (Å²) >= 11 is 3.54. The zero-order valence-corrected chi connectivity index (χ0v) is 15.5. The Bertz CT molecular complexity index is 999. The van der Waals surface area contributed by atoms with Gasteiger partial charge in [-0.2, -0.15) is 0 Å². The Labute approximate surface area is 158 Å². The highest BCUT2D eigenvalue weighted by molar-refractivity contribution is 9.10. The lowest BCUT2D eigenvalue weighted by Crippen LogP contribution is -2.25. The van der Waals surface area contributed by atoms with E-state index >= 15 is 0 Å². The van der Waals surface area contributed by atoms with E-state index in [1.54, 1.807) is 24.5 Å². The number of benzene rings is 2. The molecule has 132 valence electrons. The number of phenolic OH excluding ortho intramolecular Hbond substituents is 1. The van der Waals surface area contributed by atoms with Crippen LogP contribution in [-0.2, 0) is 4.79 Å². The lowest BCUT2D eigenvalue weighted by molar-refractivity contribution is -0.116. The third kappa shape index (κ3) is 2.74. The van der Waals surface area contributed by atoms with Crippen LogP contribution in [0.1, 0.15) is 23.6 Å². The fourth-order valence-corrected chi connectivity index (χ4v) is 3.70. The van der Waals surface area contributed by atoms with Gasteiger partial charge in [0.2, 0.25) is 5.91 Å². The maximum absolute atomic E-state index is 12.4. The molecular formula is C19H16BrN3O3. The average Bonchev–Trinajstić information content (AvgIpc) is 3.05. The minimum Gasteiger partial charge on any atom is -0.504 e. The van der Waals surface area contributed by atoms with Gasteiger partial charge in [0.05, 0.1) is 18.5 Å². The number of imidazole rings is 1. The van der Waals surface area contributed by atoms with Crippen molar-refractivity contribution in [1.82, 2.24) is 9.55 Å². The van der Waals surface area contributed by atoms with Crippen LogP contribution in [0.5, 0.6) is 11.5 Å². The second-order valence-corrected chi connectivity index (χ2v) is 6.89. The average molecular weight is 414 g/mol. The van der Waals surface area contributed by atoms with E-state index in [-0.39, 0.29) is 24.0 Å². The summed E-state index contributed by atoms with van der Waals surface area (Å²) in [5, 5.41) is 12.8. The molecule has 6 nitrogen and oxygen atoms in total. The molecule has 2 N–H and O–H groups in total. The fourth-order valence-electron chi connectivity index (χ4n) is 3.22. The van der Waals surface area contributed by atoms with Crippen molar-refractivity contribution < 1.29 is 14.6 Å². The highest BCUT2D eigenvalue weighted by Gasteiger charge is 2.31. The quantitative estimate of drug-likeness (QED) is 0.683. The molecular weight excluding hydrogens is 398 g/mol. The van der Waals surface area contributed by atoms with Crippen LogP contribution in [0.3, 0.4) is 0 Å². The molecule has 3 aromatic rings. The van der Waals surface area contributed by atoms with E-state index in [1.807, 2.05) is 28.8 Å². The maximum atomic E-state index is 12.4. The standard InChI is InChI=1S/C19H16BrN3O3/c1-26-16-8-11(6-7-15(16)24)12-9-17(25)22-19-18(12)21-10-23(19)14-5-3-2-4-13(14)20/h2-8,10,12,24H,9H2,1H3,(H,22,25). The van der Waals surface area contributed by atoms with Crippen LogP contribution in [0.2, 0.25) is 0 Å². The molecule has 2 heterocycles. The van der Waals surface area contributed by atoms with Crippen LogP contribution in [0.15, 0.2) is 53.3 Å². The van der Waals surface area contributed by atoms with Crippen molar-refractivity contribution in [3.05, 3.63) is 64.5 Å². The Morgan fingerprint density at radius 2 is 2.12 bits per heavy atom. The van der Waals surface area contributed by atoms with E-state index in [0.29, 0.717) is 11.6 Å². The summed E-state index contributed by atoms with van der Waals surface area (Å²) in [5.41, 5.74) is 2.55. The molecule has 7 heteroatoms. The number of halogens is 1. The van der Waals surface area contributed by atoms with Crippen LogP contribution in [0.25, 0.3) is 5.69 Å². The first kappa shape index (κ1) is 16.7. The van der Waals surface area contributed by atoms with E-state index in [1.165, 1.54) is 7.11 Å². The van der Waals surface area contributed by atoms with Gasteiger partial charge in [0.25, 0.3) is 0 Å². The van der Waals surface area contributed by atoms with Crippen molar-refractivity contribution in [2.24, 2.45) is 0 Å². The van der Waals surface area contributed by atoms with Crippen molar-refractivity contribution in [3.63, 3.8) is 0 Å². The molecule has 0 spiro atoms. The van der Waals surface area contributed by atoms with Gasteiger partial charge in [0, 0.05) is 16.8 Å². The van der Waals surface area contributed by atoms with E-state index in [2.05, 4.69) is 26.2 Å². The van der Waals surface area contributed by atoms with Crippen LogP contribution in [0, 0.1) is 0 Å². The lowest BCUT2D eigenvalue weighted by Gasteiger charge is -2.24. The first-order valence-electron chi connectivity index (χ1n) is 8.07. The Hall–Kier alpha value is -2.80. The largest absolute Gasteiger partial charge is 0.504 e. The molecule has 0 aliphatic carbocycles. The number of phenols is 1. The molecule has 1 atom stereocenters. The van der Waals surface area contributed by atoms with E-state index in [0.717, 1.165) is 21.4 Å². The van der Waals surface area contributed by atoms with Gasteiger partial charge < -0.3 is 15.2 Å². The highest BCUT2D eigenvalue weighted by atomic mass is 79.9. The topological polar surface area (TPSA) is 76.4 Å². The van der Waals surface area contributed by atoms with Gasteiger partial charge in [-0.3, -0.25) is 9.36 Å². The number of carbonyl (C=O) groups excluding carboxylic acids is 1. The third-order valence-corrected chi connectivity index (χ3v) is 5.16. The predicted octanol–water partition coefficient (Wildman–Crippen LogP) is 3.82. The number of hydrogen-bond acceptors (Lipinski definition) is 4. The molecule has 1 amide bonds. The molecule has 4 rings (SSSR count). The summed E-state index contributed by atoms with van der Waals surface area (Å²) in [6, 6.07) is 12.9. The van der Waals surface area contributed by atoms with Crippen LogP contribution in [-0.4, -0.2) is 27.7 Å². The normalized spacial score (nSPS) is 16.1. The smallest absolute Gasteiger partial charge is 0.226 e. The molecule has 0 saturated carbocycles. The van der Waals surface area contributed by atoms with E-state index in [9.17, 15) is 9.90 Å². The number of amides is 1. The molecule has 1 unspecified atom stereocenters. The molecule has 1 aliphatic heterocycles. The monoisotopic (exact) mass is 413 g/mol. The molecule has 26 heavy (non-hydrogen) atoms. The molecule has 2 aromatic carbocycles. The number of nitrogens with zero attached hydrogens (tertiary/aromatic N) is 2. The summed E-state index contributed by atoms with van der Waals surface area (Å²) in [6.07, 6.45) is 1.99. The van der Waals surface area contributed by atoms with E-state index in [4.69, 9.17) is 4.74 Å². The van der Waals surface area contributed by atoms with Gasteiger partial charge in [-0.05, 0) is 45.8 Å². The number of para-hydroxylation sites is 1. The predicted molar refractivity (Wildman–Crippen MR) is 101 cm³/mol.